The van der Waals surface area contributed by atoms with E-state index in [9.17, 15) is 13.2 Å². The standard InChI is InChI=1S/C13H19NO4S2/c1-3-6-11(2)13(16)14(8-5-9-15)20(17,18)12-7-4-10-19-12/h4,6-7,10,15H,3,5,8-9H2,1-2H3/b11-6+. The minimum Gasteiger partial charge on any atom is -0.396 e. The highest BCUT2D eigenvalue weighted by molar-refractivity contribution is 7.91. The molecule has 5 nitrogen and oxygen atoms in total. The van der Waals surface area contributed by atoms with Crippen LogP contribution >= 0.6 is 11.3 Å². The van der Waals surface area contributed by atoms with Crippen LogP contribution in [-0.2, 0) is 14.8 Å². The Morgan fingerprint density at radius 3 is 2.70 bits per heavy atom. The highest BCUT2D eigenvalue weighted by Gasteiger charge is 2.30. The van der Waals surface area contributed by atoms with E-state index in [1.54, 1.807) is 24.4 Å². The number of rotatable bonds is 7. The summed E-state index contributed by atoms with van der Waals surface area (Å²) >= 11 is 1.07. The minimum atomic E-state index is -3.84. The molecular weight excluding hydrogens is 298 g/mol. The maximum Gasteiger partial charge on any atom is 0.276 e. The summed E-state index contributed by atoms with van der Waals surface area (Å²) in [4.78, 5) is 12.3. The molecular formula is C13H19NO4S2. The topological polar surface area (TPSA) is 74.7 Å². The highest BCUT2D eigenvalue weighted by atomic mass is 32.2. The Kier molecular flexibility index (Phi) is 6.38. The fourth-order valence-electron chi connectivity index (χ4n) is 1.65. The van der Waals surface area contributed by atoms with Gasteiger partial charge in [0, 0.05) is 18.7 Å². The zero-order valence-electron chi connectivity index (χ0n) is 11.6. The molecule has 0 aliphatic heterocycles. The van der Waals surface area contributed by atoms with Gasteiger partial charge < -0.3 is 5.11 Å². The third-order valence-corrected chi connectivity index (χ3v) is 5.79. The van der Waals surface area contributed by atoms with Gasteiger partial charge in [0.15, 0.2) is 0 Å². The van der Waals surface area contributed by atoms with Gasteiger partial charge in [-0.15, -0.1) is 11.3 Å². The first-order valence-corrected chi connectivity index (χ1v) is 8.65. The van der Waals surface area contributed by atoms with E-state index in [4.69, 9.17) is 5.11 Å². The Balaban J connectivity index is 3.13. The molecule has 0 aliphatic carbocycles. The molecule has 0 radical (unpaired) electrons. The van der Waals surface area contributed by atoms with Gasteiger partial charge in [-0.05, 0) is 31.2 Å². The first kappa shape index (κ1) is 16.9. The average molecular weight is 317 g/mol. The summed E-state index contributed by atoms with van der Waals surface area (Å²) in [6, 6.07) is 3.10. The van der Waals surface area contributed by atoms with Crippen LogP contribution in [0.2, 0.25) is 0 Å². The second kappa shape index (κ2) is 7.56. The molecule has 0 aromatic carbocycles. The number of carbonyl (C=O) groups is 1. The summed E-state index contributed by atoms with van der Waals surface area (Å²) in [5, 5.41) is 10.5. The third kappa shape index (κ3) is 3.91. The molecule has 20 heavy (non-hydrogen) atoms. The Morgan fingerprint density at radius 2 is 2.20 bits per heavy atom. The lowest BCUT2D eigenvalue weighted by molar-refractivity contribution is -0.122. The van der Waals surface area contributed by atoms with Crippen LogP contribution in [0.4, 0.5) is 0 Å². The first-order valence-electron chi connectivity index (χ1n) is 6.33. The SMILES string of the molecule is CC/C=C(\C)C(=O)N(CCCO)S(=O)(=O)c1cccs1. The number of aliphatic hydroxyl groups excluding tert-OH is 1. The Hall–Kier alpha value is -1.18. The normalized spacial score (nSPS) is 12.4. The van der Waals surface area contributed by atoms with Crippen LogP contribution in [0, 0.1) is 0 Å². The van der Waals surface area contributed by atoms with Gasteiger partial charge in [0.05, 0.1) is 0 Å². The zero-order chi connectivity index (χ0) is 15.2. The molecule has 7 heteroatoms. The molecule has 1 amide bonds. The fourth-order valence-corrected chi connectivity index (χ4v) is 4.23. The zero-order valence-corrected chi connectivity index (χ0v) is 13.2. The van der Waals surface area contributed by atoms with Gasteiger partial charge in [0.2, 0.25) is 0 Å². The van der Waals surface area contributed by atoms with Crippen LogP contribution in [0.1, 0.15) is 26.7 Å². The van der Waals surface area contributed by atoms with Crippen molar-refractivity contribution in [2.75, 3.05) is 13.2 Å². The summed E-state index contributed by atoms with van der Waals surface area (Å²) in [7, 11) is -3.84. The summed E-state index contributed by atoms with van der Waals surface area (Å²) in [6.45, 7) is 3.29. The Bertz CT molecular complexity index is 561. The molecule has 0 saturated carbocycles. The summed E-state index contributed by atoms with van der Waals surface area (Å²) in [5.74, 6) is -0.534. The van der Waals surface area contributed by atoms with Crippen molar-refractivity contribution in [3.8, 4) is 0 Å². The third-order valence-electron chi connectivity index (χ3n) is 2.63. The van der Waals surface area contributed by atoms with E-state index in [-0.39, 0.29) is 23.8 Å². The van der Waals surface area contributed by atoms with Gasteiger partial charge in [0.25, 0.3) is 15.9 Å². The van der Waals surface area contributed by atoms with Crippen molar-refractivity contribution >= 4 is 27.3 Å². The maximum atomic E-state index is 12.5. The average Bonchev–Trinajstić information content (AvgIpc) is 2.93. The molecule has 1 aromatic rings. The molecule has 0 fully saturated rings. The number of aliphatic hydroxyl groups is 1. The molecule has 0 aliphatic rings. The number of thiophene rings is 1. The van der Waals surface area contributed by atoms with Crippen LogP contribution < -0.4 is 0 Å². The first-order chi connectivity index (χ1) is 9.45. The van der Waals surface area contributed by atoms with Crippen LogP contribution in [0.15, 0.2) is 33.4 Å². The van der Waals surface area contributed by atoms with Crippen molar-refractivity contribution in [2.45, 2.75) is 30.9 Å². The molecule has 0 unspecified atom stereocenters. The van der Waals surface area contributed by atoms with Gasteiger partial charge in [-0.2, -0.15) is 0 Å². The van der Waals surface area contributed by atoms with Gasteiger partial charge in [-0.1, -0.05) is 19.1 Å². The molecule has 1 heterocycles. The highest BCUT2D eigenvalue weighted by Crippen LogP contribution is 2.22. The number of hydrogen-bond acceptors (Lipinski definition) is 5. The maximum absolute atomic E-state index is 12.5. The summed E-state index contributed by atoms with van der Waals surface area (Å²) in [5.41, 5.74) is 0.394. The van der Waals surface area contributed by atoms with E-state index in [1.807, 2.05) is 6.92 Å². The molecule has 0 atom stereocenters. The lowest BCUT2D eigenvalue weighted by Gasteiger charge is -2.21. The predicted octanol–water partition coefficient (Wildman–Crippen LogP) is 2.00. The minimum absolute atomic E-state index is 0.0234. The van der Waals surface area contributed by atoms with E-state index in [2.05, 4.69) is 0 Å². The molecule has 1 N–H and O–H groups in total. The van der Waals surface area contributed by atoms with Crippen LogP contribution in [0.3, 0.4) is 0 Å². The lowest BCUT2D eigenvalue weighted by Crippen LogP contribution is -2.38. The number of allylic oxidation sites excluding steroid dienone is 1. The summed E-state index contributed by atoms with van der Waals surface area (Å²) in [6.07, 6.45) is 2.57. The van der Waals surface area contributed by atoms with E-state index in [0.717, 1.165) is 15.6 Å². The Morgan fingerprint density at radius 1 is 1.50 bits per heavy atom. The van der Waals surface area contributed by atoms with E-state index < -0.39 is 15.9 Å². The number of carbonyl (C=O) groups excluding carboxylic acids is 1. The fraction of sp³-hybridized carbons (Fsp3) is 0.462. The van der Waals surface area contributed by atoms with Crippen molar-refractivity contribution in [1.29, 1.82) is 0 Å². The smallest absolute Gasteiger partial charge is 0.276 e. The molecule has 1 aromatic heterocycles. The largest absolute Gasteiger partial charge is 0.396 e. The van der Waals surface area contributed by atoms with Crippen LogP contribution in [0.25, 0.3) is 0 Å². The lowest BCUT2D eigenvalue weighted by atomic mass is 10.2. The van der Waals surface area contributed by atoms with Crippen LogP contribution in [-0.4, -0.2) is 36.9 Å². The van der Waals surface area contributed by atoms with Crippen molar-refractivity contribution in [2.24, 2.45) is 0 Å². The monoisotopic (exact) mass is 317 g/mol. The van der Waals surface area contributed by atoms with E-state index in [1.165, 1.54) is 6.07 Å². The molecule has 0 spiro atoms. The van der Waals surface area contributed by atoms with E-state index in [0.29, 0.717) is 12.0 Å². The molecule has 112 valence electrons. The van der Waals surface area contributed by atoms with Crippen molar-refractivity contribution < 1.29 is 18.3 Å². The Labute approximate surface area is 123 Å². The molecule has 0 bridgehead atoms. The second-order valence-electron chi connectivity index (χ2n) is 4.19. The number of nitrogens with zero attached hydrogens (tertiary/aromatic N) is 1. The van der Waals surface area contributed by atoms with Crippen molar-refractivity contribution in [3.63, 3.8) is 0 Å². The summed E-state index contributed by atoms with van der Waals surface area (Å²) < 4.78 is 25.9. The van der Waals surface area contributed by atoms with E-state index >= 15 is 0 Å². The van der Waals surface area contributed by atoms with Gasteiger partial charge >= 0.3 is 0 Å². The van der Waals surface area contributed by atoms with Gasteiger partial charge in [-0.25, -0.2) is 12.7 Å². The molecule has 1 rings (SSSR count). The quantitative estimate of drug-likeness (QED) is 0.781. The number of sulfonamides is 1. The predicted molar refractivity (Wildman–Crippen MR) is 79.0 cm³/mol. The molecule has 0 saturated heterocycles. The van der Waals surface area contributed by atoms with Crippen molar-refractivity contribution in [3.05, 3.63) is 29.2 Å². The van der Waals surface area contributed by atoms with Gasteiger partial charge in [-0.3, -0.25) is 4.79 Å². The van der Waals surface area contributed by atoms with Gasteiger partial charge in [0.1, 0.15) is 4.21 Å². The van der Waals surface area contributed by atoms with Crippen molar-refractivity contribution in [1.82, 2.24) is 4.31 Å². The van der Waals surface area contributed by atoms with Crippen LogP contribution in [0.5, 0.6) is 0 Å². The second-order valence-corrected chi connectivity index (χ2v) is 7.22. The number of amides is 1. The number of hydrogen-bond donors (Lipinski definition) is 1.